The molecular weight excluding hydrogens is 467 g/mol. The maximum absolute atomic E-state index is 12.8. The molecule has 172 valence electrons. The number of methoxy groups -OCH3 is 2. The number of anilines is 2. The molecule has 0 spiro atoms. The Balaban J connectivity index is 1.63. The van der Waals surface area contributed by atoms with E-state index in [1.165, 1.54) is 0 Å². The molecule has 0 bridgehead atoms. The monoisotopic (exact) mass is 488 g/mol. The number of aryl methyl sites for hydroxylation is 1. The van der Waals surface area contributed by atoms with Gasteiger partial charge in [-0.05, 0) is 42.3 Å². The zero-order chi connectivity index (χ0) is 23.7. The minimum atomic E-state index is -0.776. The summed E-state index contributed by atoms with van der Waals surface area (Å²) in [5.74, 6) is 1.08. The standard InChI is InChI=1S/C23H22Cl2N4O4/c1-4-16-21(12-5-8-18(32-2)19(9-12)33-3)22-27-23(31)17(29(22)28-16)11-20(30)26-13-6-7-14(24)15(25)10-13/h5-10,17H,4,11H2,1-3H3,(H,26,30)(H,27,31). The van der Waals surface area contributed by atoms with Crippen LogP contribution in [0, 0.1) is 0 Å². The van der Waals surface area contributed by atoms with Gasteiger partial charge in [-0.2, -0.15) is 5.10 Å². The van der Waals surface area contributed by atoms with E-state index in [-0.39, 0.29) is 18.2 Å². The van der Waals surface area contributed by atoms with Crippen LogP contribution in [0.3, 0.4) is 0 Å². The number of halogens is 2. The molecule has 0 saturated carbocycles. The van der Waals surface area contributed by atoms with Crippen LogP contribution in [0.25, 0.3) is 11.1 Å². The molecule has 0 saturated heterocycles. The van der Waals surface area contributed by atoms with Crippen molar-refractivity contribution >= 4 is 46.5 Å². The Kier molecular flexibility index (Phi) is 6.49. The smallest absolute Gasteiger partial charge is 0.251 e. The van der Waals surface area contributed by atoms with Gasteiger partial charge in [-0.15, -0.1) is 0 Å². The highest BCUT2D eigenvalue weighted by molar-refractivity contribution is 6.42. The lowest BCUT2D eigenvalue weighted by Gasteiger charge is -2.11. The molecule has 10 heteroatoms. The predicted octanol–water partition coefficient (Wildman–Crippen LogP) is 4.96. The number of hydrogen-bond donors (Lipinski definition) is 2. The molecule has 1 atom stereocenters. The molecule has 1 aromatic heterocycles. The third kappa shape index (κ3) is 4.36. The van der Waals surface area contributed by atoms with E-state index in [1.807, 2.05) is 19.1 Å². The Morgan fingerprint density at radius 1 is 1.12 bits per heavy atom. The van der Waals surface area contributed by atoms with Gasteiger partial charge < -0.3 is 20.1 Å². The quantitative estimate of drug-likeness (QED) is 0.490. The summed E-state index contributed by atoms with van der Waals surface area (Å²) in [5.41, 5.74) is 2.91. The topological polar surface area (TPSA) is 94.5 Å². The number of ether oxygens (including phenoxy) is 2. The van der Waals surface area contributed by atoms with E-state index >= 15 is 0 Å². The first-order chi connectivity index (χ1) is 15.9. The van der Waals surface area contributed by atoms with Crippen LogP contribution >= 0.6 is 23.2 Å². The zero-order valence-electron chi connectivity index (χ0n) is 18.2. The number of nitrogens with one attached hydrogen (secondary N) is 2. The Morgan fingerprint density at radius 3 is 2.55 bits per heavy atom. The second-order valence-corrected chi connectivity index (χ2v) is 8.24. The van der Waals surface area contributed by atoms with Gasteiger partial charge in [0, 0.05) is 11.3 Å². The number of aromatic nitrogens is 2. The molecule has 1 aliphatic rings. The Labute approximate surface area is 200 Å². The lowest BCUT2D eigenvalue weighted by atomic mass is 10.0. The average molecular weight is 489 g/mol. The highest BCUT2D eigenvalue weighted by Crippen LogP contribution is 2.41. The van der Waals surface area contributed by atoms with Crippen LogP contribution in [-0.2, 0) is 16.0 Å². The number of benzene rings is 2. The number of amides is 2. The number of hydrogen-bond acceptors (Lipinski definition) is 5. The van der Waals surface area contributed by atoms with E-state index in [9.17, 15) is 9.59 Å². The normalized spacial score (nSPS) is 14.6. The van der Waals surface area contributed by atoms with Crippen molar-refractivity contribution in [1.29, 1.82) is 0 Å². The summed E-state index contributed by atoms with van der Waals surface area (Å²) >= 11 is 11.9. The van der Waals surface area contributed by atoms with Crippen molar-refractivity contribution in [2.45, 2.75) is 25.8 Å². The van der Waals surface area contributed by atoms with Gasteiger partial charge in [0.2, 0.25) is 5.91 Å². The molecule has 2 heterocycles. The molecule has 2 amide bonds. The van der Waals surface area contributed by atoms with E-state index in [0.717, 1.165) is 16.8 Å². The summed E-state index contributed by atoms with van der Waals surface area (Å²) in [6, 6.07) is 9.54. The van der Waals surface area contributed by atoms with Crippen molar-refractivity contribution in [2.24, 2.45) is 0 Å². The van der Waals surface area contributed by atoms with Crippen LogP contribution in [0.1, 0.15) is 25.1 Å². The third-order valence-corrected chi connectivity index (χ3v) is 6.15. The molecule has 1 unspecified atom stereocenters. The lowest BCUT2D eigenvalue weighted by molar-refractivity contribution is -0.123. The minimum Gasteiger partial charge on any atom is -0.493 e. The van der Waals surface area contributed by atoms with E-state index < -0.39 is 6.04 Å². The van der Waals surface area contributed by atoms with Gasteiger partial charge in [0.15, 0.2) is 11.5 Å². The average Bonchev–Trinajstić information content (AvgIpc) is 3.30. The minimum absolute atomic E-state index is 0.0880. The summed E-state index contributed by atoms with van der Waals surface area (Å²) in [5, 5.41) is 11.0. The molecule has 33 heavy (non-hydrogen) atoms. The Bertz CT molecular complexity index is 1240. The molecule has 1 aliphatic heterocycles. The van der Waals surface area contributed by atoms with Gasteiger partial charge in [-0.25, -0.2) is 4.68 Å². The molecule has 0 radical (unpaired) electrons. The fourth-order valence-corrected chi connectivity index (χ4v) is 4.12. The van der Waals surface area contributed by atoms with Crippen LogP contribution in [0.5, 0.6) is 11.5 Å². The first-order valence-corrected chi connectivity index (χ1v) is 11.0. The van der Waals surface area contributed by atoms with Crippen molar-refractivity contribution < 1.29 is 19.1 Å². The summed E-state index contributed by atoms with van der Waals surface area (Å²) in [7, 11) is 3.13. The molecule has 3 aromatic rings. The van der Waals surface area contributed by atoms with Crippen LogP contribution < -0.4 is 20.1 Å². The number of nitrogens with zero attached hydrogens (tertiary/aromatic N) is 2. The molecule has 2 N–H and O–H groups in total. The fraction of sp³-hybridized carbons (Fsp3) is 0.261. The van der Waals surface area contributed by atoms with E-state index in [0.29, 0.717) is 39.5 Å². The summed E-state index contributed by atoms with van der Waals surface area (Å²) in [6.07, 6.45) is 0.553. The first-order valence-electron chi connectivity index (χ1n) is 10.3. The molecule has 0 fully saturated rings. The van der Waals surface area contributed by atoms with E-state index in [4.69, 9.17) is 32.7 Å². The van der Waals surface area contributed by atoms with E-state index in [1.54, 1.807) is 43.2 Å². The Hall–Kier alpha value is -3.23. The predicted molar refractivity (Wildman–Crippen MR) is 128 cm³/mol. The molecule has 8 nitrogen and oxygen atoms in total. The zero-order valence-corrected chi connectivity index (χ0v) is 19.8. The number of fused-ring (bicyclic) bond motifs is 1. The summed E-state index contributed by atoms with van der Waals surface area (Å²) in [4.78, 5) is 25.4. The van der Waals surface area contributed by atoms with Gasteiger partial charge in [0.1, 0.15) is 11.9 Å². The maximum Gasteiger partial charge on any atom is 0.251 e. The third-order valence-electron chi connectivity index (χ3n) is 5.41. The highest BCUT2D eigenvalue weighted by Gasteiger charge is 2.37. The van der Waals surface area contributed by atoms with Crippen LogP contribution in [-0.4, -0.2) is 35.8 Å². The second kappa shape index (κ2) is 9.33. The lowest BCUT2D eigenvalue weighted by Crippen LogP contribution is -2.24. The van der Waals surface area contributed by atoms with Gasteiger partial charge in [0.05, 0.1) is 36.4 Å². The largest absolute Gasteiger partial charge is 0.493 e. The van der Waals surface area contributed by atoms with Crippen LogP contribution in [0.15, 0.2) is 36.4 Å². The number of carbonyl (C=O) groups is 2. The summed E-state index contributed by atoms with van der Waals surface area (Å²) in [6.45, 7) is 1.98. The van der Waals surface area contributed by atoms with Crippen molar-refractivity contribution in [3.05, 3.63) is 52.1 Å². The molecular formula is C23H22Cl2N4O4. The van der Waals surface area contributed by atoms with Gasteiger partial charge >= 0.3 is 0 Å². The number of carbonyl (C=O) groups excluding carboxylic acids is 2. The fourth-order valence-electron chi connectivity index (χ4n) is 3.82. The SMILES string of the molecule is CCc1nn2c(c1-c1ccc(OC)c(OC)c1)NC(=O)C2CC(=O)Nc1ccc(Cl)c(Cl)c1. The van der Waals surface area contributed by atoms with Crippen molar-refractivity contribution in [2.75, 3.05) is 24.9 Å². The van der Waals surface area contributed by atoms with Crippen LogP contribution in [0.4, 0.5) is 11.5 Å². The van der Waals surface area contributed by atoms with Crippen molar-refractivity contribution in [3.63, 3.8) is 0 Å². The van der Waals surface area contributed by atoms with Crippen LogP contribution in [0.2, 0.25) is 10.0 Å². The van der Waals surface area contributed by atoms with Crippen molar-refractivity contribution in [1.82, 2.24) is 9.78 Å². The second-order valence-electron chi connectivity index (χ2n) is 7.42. The van der Waals surface area contributed by atoms with Gasteiger partial charge in [0.25, 0.3) is 5.91 Å². The summed E-state index contributed by atoms with van der Waals surface area (Å²) < 4.78 is 12.3. The van der Waals surface area contributed by atoms with Gasteiger partial charge in [-0.3, -0.25) is 9.59 Å². The van der Waals surface area contributed by atoms with Gasteiger partial charge in [-0.1, -0.05) is 36.2 Å². The molecule has 4 rings (SSSR count). The molecule has 0 aliphatic carbocycles. The molecule has 2 aromatic carbocycles. The Morgan fingerprint density at radius 2 is 1.88 bits per heavy atom. The first kappa shape index (κ1) is 22.9. The maximum atomic E-state index is 12.8. The number of rotatable bonds is 7. The van der Waals surface area contributed by atoms with Crippen molar-refractivity contribution in [3.8, 4) is 22.6 Å². The highest BCUT2D eigenvalue weighted by atomic mass is 35.5. The van der Waals surface area contributed by atoms with E-state index in [2.05, 4.69) is 15.7 Å².